The SMILES string of the molecule is Cn1ncc(NC2CCC(N)CC2)c(Br)c1=O. The van der Waals surface area contributed by atoms with Crippen molar-refractivity contribution >= 4 is 21.6 Å². The lowest BCUT2D eigenvalue weighted by atomic mass is 9.92. The Morgan fingerprint density at radius 3 is 2.76 bits per heavy atom. The van der Waals surface area contributed by atoms with Gasteiger partial charge in [-0.1, -0.05) is 0 Å². The van der Waals surface area contributed by atoms with Crippen LogP contribution in [0.25, 0.3) is 0 Å². The second-order valence-corrected chi connectivity index (χ2v) is 5.35. The average molecular weight is 301 g/mol. The molecular weight excluding hydrogens is 284 g/mol. The molecule has 6 heteroatoms. The molecule has 1 aromatic heterocycles. The monoisotopic (exact) mass is 300 g/mol. The highest BCUT2D eigenvalue weighted by atomic mass is 79.9. The molecule has 2 rings (SSSR count). The predicted molar refractivity (Wildman–Crippen MR) is 71.0 cm³/mol. The molecule has 1 aliphatic carbocycles. The fourth-order valence-corrected chi connectivity index (χ4v) is 2.57. The van der Waals surface area contributed by atoms with Crippen LogP contribution in [0.3, 0.4) is 0 Å². The molecule has 0 aromatic carbocycles. The molecule has 1 aliphatic rings. The normalized spacial score (nSPS) is 24.6. The Morgan fingerprint density at radius 1 is 1.47 bits per heavy atom. The first-order chi connectivity index (χ1) is 8.08. The molecule has 1 heterocycles. The Labute approximate surface area is 109 Å². The van der Waals surface area contributed by atoms with Crippen LogP contribution < -0.4 is 16.6 Å². The number of hydrogen-bond donors (Lipinski definition) is 2. The number of anilines is 1. The lowest BCUT2D eigenvalue weighted by Crippen LogP contribution is -2.33. The van der Waals surface area contributed by atoms with Crippen molar-refractivity contribution in [3.05, 3.63) is 21.0 Å². The highest BCUT2D eigenvalue weighted by molar-refractivity contribution is 9.10. The number of nitrogens with zero attached hydrogens (tertiary/aromatic N) is 2. The standard InChI is InChI=1S/C11H17BrN4O/c1-16-11(17)10(12)9(6-14-16)15-8-4-2-7(13)3-5-8/h6-8,15H,2-5,13H2,1H3. The number of nitrogens with two attached hydrogens (primary N) is 1. The Hall–Kier alpha value is -0.880. The maximum atomic E-state index is 11.7. The first kappa shape index (κ1) is 12.6. The third-order valence-corrected chi connectivity index (χ3v) is 3.98. The summed E-state index contributed by atoms with van der Waals surface area (Å²) in [6, 6.07) is 0.721. The van der Waals surface area contributed by atoms with Gasteiger partial charge in [0.05, 0.1) is 11.9 Å². The molecule has 0 amide bonds. The highest BCUT2D eigenvalue weighted by Crippen LogP contribution is 2.23. The third-order valence-electron chi connectivity index (χ3n) is 3.21. The van der Waals surface area contributed by atoms with Gasteiger partial charge in [0.2, 0.25) is 0 Å². The second kappa shape index (κ2) is 5.18. The van der Waals surface area contributed by atoms with E-state index < -0.39 is 0 Å². The van der Waals surface area contributed by atoms with Gasteiger partial charge >= 0.3 is 0 Å². The van der Waals surface area contributed by atoms with E-state index in [0.29, 0.717) is 16.6 Å². The van der Waals surface area contributed by atoms with Crippen LogP contribution in [0, 0.1) is 0 Å². The molecule has 3 N–H and O–H groups in total. The molecule has 1 aromatic rings. The molecule has 1 fully saturated rings. The van der Waals surface area contributed by atoms with Crippen molar-refractivity contribution < 1.29 is 0 Å². The Bertz CT molecular complexity index is 451. The van der Waals surface area contributed by atoms with E-state index in [4.69, 9.17) is 5.73 Å². The molecule has 0 unspecified atom stereocenters. The number of hydrogen-bond acceptors (Lipinski definition) is 4. The fraction of sp³-hybridized carbons (Fsp3) is 0.636. The van der Waals surface area contributed by atoms with Crippen LogP contribution >= 0.6 is 15.9 Å². The number of aryl methyl sites for hydroxylation is 1. The fourth-order valence-electron chi connectivity index (χ4n) is 2.09. The van der Waals surface area contributed by atoms with Crippen LogP contribution in [0.1, 0.15) is 25.7 Å². The molecule has 0 radical (unpaired) electrons. The van der Waals surface area contributed by atoms with E-state index in [1.54, 1.807) is 13.2 Å². The van der Waals surface area contributed by atoms with E-state index in [0.717, 1.165) is 31.4 Å². The second-order valence-electron chi connectivity index (χ2n) is 4.56. The summed E-state index contributed by atoms with van der Waals surface area (Å²) >= 11 is 3.31. The van der Waals surface area contributed by atoms with E-state index in [1.807, 2.05) is 0 Å². The number of nitrogens with one attached hydrogen (secondary N) is 1. The lowest BCUT2D eigenvalue weighted by Gasteiger charge is -2.27. The molecule has 17 heavy (non-hydrogen) atoms. The van der Waals surface area contributed by atoms with Gasteiger partial charge in [0.15, 0.2) is 0 Å². The highest BCUT2D eigenvalue weighted by Gasteiger charge is 2.19. The molecule has 0 spiro atoms. The van der Waals surface area contributed by atoms with Gasteiger partial charge in [-0.15, -0.1) is 0 Å². The maximum Gasteiger partial charge on any atom is 0.282 e. The summed E-state index contributed by atoms with van der Waals surface area (Å²) < 4.78 is 1.86. The molecule has 1 saturated carbocycles. The zero-order valence-electron chi connectivity index (χ0n) is 9.82. The Kier molecular flexibility index (Phi) is 3.83. The van der Waals surface area contributed by atoms with E-state index >= 15 is 0 Å². The van der Waals surface area contributed by atoms with Gasteiger partial charge in [0, 0.05) is 19.1 Å². The molecule has 5 nitrogen and oxygen atoms in total. The smallest absolute Gasteiger partial charge is 0.282 e. The van der Waals surface area contributed by atoms with Crippen molar-refractivity contribution in [2.45, 2.75) is 37.8 Å². The lowest BCUT2D eigenvalue weighted by molar-refractivity contribution is 0.411. The Morgan fingerprint density at radius 2 is 2.12 bits per heavy atom. The first-order valence-corrected chi connectivity index (χ1v) is 6.61. The van der Waals surface area contributed by atoms with Gasteiger partial charge in [-0.05, 0) is 41.6 Å². The van der Waals surface area contributed by atoms with Gasteiger partial charge in [0.1, 0.15) is 4.47 Å². The van der Waals surface area contributed by atoms with E-state index in [-0.39, 0.29) is 5.56 Å². The first-order valence-electron chi connectivity index (χ1n) is 5.82. The number of aromatic nitrogens is 2. The molecule has 0 atom stereocenters. The van der Waals surface area contributed by atoms with Crippen LogP contribution in [0.2, 0.25) is 0 Å². The minimum absolute atomic E-state index is 0.123. The van der Waals surface area contributed by atoms with Gasteiger partial charge in [-0.2, -0.15) is 5.10 Å². The summed E-state index contributed by atoms with van der Waals surface area (Å²) in [6.07, 6.45) is 5.84. The van der Waals surface area contributed by atoms with E-state index in [1.165, 1.54) is 4.68 Å². The van der Waals surface area contributed by atoms with Crippen molar-refractivity contribution in [2.75, 3.05) is 5.32 Å². The summed E-state index contributed by atoms with van der Waals surface area (Å²) in [5.41, 5.74) is 6.51. The van der Waals surface area contributed by atoms with Gasteiger partial charge in [-0.25, -0.2) is 4.68 Å². The van der Waals surface area contributed by atoms with Crippen LogP contribution in [0.5, 0.6) is 0 Å². The Balaban J connectivity index is 2.09. The molecule has 0 saturated heterocycles. The van der Waals surface area contributed by atoms with Gasteiger partial charge < -0.3 is 11.1 Å². The predicted octanol–water partition coefficient (Wildman–Crippen LogP) is 1.22. The summed E-state index contributed by atoms with van der Waals surface area (Å²) in [5, 5.41) is 7.37. The minimum Gasteiger partial charge on any atom is -0.380 e. The van der Waals surface area contributed by atoms with Crippen molar-refractivity contribution in [3.63, 3.8) is 0 Å². The van der Waals surface area contributed by atoms with E-state index in [2.05, 4.69) is 26.3 Å². The molecule has 0 aliphatic heterocycles. The van der Waals surface area contributed by atoms with Crippen molar-refractivity contribution in [1.29, 1.82) is 0 Å². The van der Waals surface area contributed by atoms with E-state index in [9.17, 15) is 4.79 Å². The average Bonchev–Trinajstić information content (AvgIpc) is 2.33. The topological polar surface area (TPSA) is 72.9 Å². The zero-order chi connectivity index (χ0) is 12.4. The molecule has 0 bridgehead atoms. The largest absolute Gasteiger partial charge is 0.380 e. The van der Waals surface area contributed by atoms with Crippen molar-refractivity contribution in [2.24, 2.45) is 12.8 Å². The van der Waals surface area contributed by atoms with Crippen LogP contribution in [0.4, 0.5) is 5.69 Å². The number of halogens is 1. The van der Waals surface area contributed by atoms with Crippen molar-refractivity contribution in [1.82, 2.24) is 9.78 Å². The zero-order valence-corrected chi connectivity index (χ0v) is 11.4. The van der Waals surface area contributed by atoms with Crippen molar-refractivity contribution in [3.8, 4) is 0 Å². The maximum absolute atomic E-state index is 11.7. The quantitative estimate of drug-likeness (QED) is 0.861. The minimum atomic E-state index is -0.123. The summed E-state index contributed by atoms with van der Waals surface area (Å²) in [5.74, 6) is 0. The van der Waals surface area contributed by atoms with Crippen LogP contribution in [-0.2, 0) is 7.05 Å². The van der Waals surface area contributed by atoms with Crippen LogP contribution in [-0.4, -0.2) is 21.9 Å². The summed E-state index contributed by atoms with van der Waals surface area (Å²) in [7, 11) is 1.64. The van der Waals surface area contributed by atoms with Gasteiger partial charge in [0.25, 0.3) is 5.56 Å². The summed E-state index contributed by atoms with van der Waals surface area (Å²) in [6.45, 7) is 0. The molecular formula is C11H17BrN4O. The van der Waals surface area contributed by atoms with Gasteiger partial charge in [-0.3, -0.25) is 4.79 Å². The number of rotatable bonds is 2. The third kappa shape index (κ3) is 2.87. The molecule has 94 valence electrons. The van der Waals surface area contributed by atoms with Crippen LogP contribution in [0.15, 0.2) is 15.5 Å². The summed E-state index contributed by atoms with van der Waals surface area (Å²) in [4.78, 5) is 11.7.